The molecule has 0 unspecified atom stereocenters. The summed E-state index contributed by atoms with van der Waals surface area (Å²) in [6.45, 7) is 0. The molecule has 17 heavy (non-hydrogen) atoms. The first-order valence-corrected chi connectivity index (χ1v) is 5.16. The highest BCUT2D eigenvalue weighted by Crippen LogP contribution is 1.96. The maximum atomic E-state index is 10.4. The molecule has 0 saturated heterocycles. The van der Waals surface area contributed by atoms with Crippen LogP contribution in [0.3, 0.4) is 0 Å². The van der Waals surface area contributed by atoms with Gasteiger partial charge >= 0.3 is 0 Å². The lowest BCUT2D eigenvalue weighted by molar-refractivity contribution is -0.117. The van der Waals surface area contributed by atoms with E-state index in [1.807, 2.05) is 30.3 Å². The number of aromatic nitrogens is 1. The first-order chi connectivity index (χ1) is 8.18. The van der Waals surface area contributed by atoms with Gasteiger partial charge in [0.05, 0.1) is 6.42 Å². The number of anilines is 1. The third kappa shape index (κ3) is 5.94. The topological polar surface area (TPSA) is 82.0 Å². The van der Waals surface area contributed by atoms with Crippen molar-refractivity contribution in [2.45, 2.75) is 6.42 Å². The molecule has 1 heterocycles. The highest BCUT2D eigenvalue weighted by atomic mass is 16.1. The number of rotatable bonds is 2. The first kappa shape index (κ1) is 12.7. The van der Waals surface area contributed by atoms with Gasteiger partial charge in [0.15, 0.2) is 0 Å². The predicted molar refractivity (Wildman–Crippen MR) is 68.0 cm³/mol. The fourth-order valence-corrected chi connectivity index (χ4v) is 1.15. The molecule has 2 aromatic rings. The van der Waals surface area contributed by atoms with Crippen LogP contribution in [-0.4, -0.2) is 10.9 Å². The number of para-hydroxylation sites is 1. The molecule has 0 aliphatic heterocycles. The van der Waals surface area contributed by atoms with Crippen LogP contribution in [0.25, 0.3) is 0 Å². The number of primary amides is 1. The average Bonchev–Trinajstić information content (AvgIpc) is 2.31. The zero-order chi connectivity index (χ0) is 12.5. The Morgan fingerprint density at radius 3 is 2.06 bits per heavy atom. The standard InChI is InChI=1S/C7H8N2O.C6H7N/c8-7(10)5-6-1-3-9-4-2-6;7-6-4-2-1-3-5-6/h1-4H,5H2,(H2,8,10);1-5H,7H2. The van der Waals surface area contributed by atoms with E-state index in [-0.39, 0.29) is 5.91 Å². The van der Waals surface area contributed by atoms with Gasteiger partial charge in [0.1, 0.15) is 0 Å². The van der Waals surface area contributed by atoms with Crippen LogP contribution in [0.1, 0.15) is 5.56 Å². The Kier molecular flexibility index (Phi) is 5.24. The molecule has 1 aromatic heterocycles. The van der Waals surface area contributed by atoms with Gasteiger partial charge in [0.25, 0.3) is 0 Å². The van der Waals surface area contributed by atoms with Crippen LogP contribution < -0.4 is 11.5 Å². The summed E-state index contributed by atoms with van der Waals surface area (Å²) in [7, 11) is 0. The van der Waals surface area contributed by atoms with Gasteiger partial charge < -0.3 is 11.5 Å². The van der Waals surface area contributed by atoms with Crippen molar-refractivity contribution >= 4 is 11.6 Å². The zero-order valence-electron chi connectivity index (χ0n) is 9.41. The van der Waals surface area contributed by atoms with Crippen molar-refractivity contribution in [1.29, 1.82) is 0 Å². The van der Waals surface area contributed by atoms with E-state index in [1.54, 1.807) is 24.5 Å². The molecule has 1 aromatic carbocycles. The summed E-state index contributed by atoms with van der Waals surface area (Å²) in [4.78, 5) is 14.2. The molecule has 1 amide bonds. The van der Waals surface area contributed by atoms with Crippen LogP contribution in [-0.2, 0) is 11.2 Å². The third-order valence-corrected chi connectivity index (χ3v) is 1.93. The van der Waals surface area contributed by atoms with Crippen LogP contribution in [0.5, 0.6) is 0 Å². The first-order valence-electron chi connectivity index (χ1n) is 5.16. The molecule has 4 nitrogen and oxygen atoms in total. The van der Waals surface area contributed by atoms with E-state index < -0.39 is 0 Å². The Bertz CT molecular complexity index is 443. The Morgan fingerprint density at radius 1 is 1.06 bits per heavy atom. The number of benzene rings is 1. The molecular weight excluding hydrogens is 214 g/mol. The molecule has 0 saturated carbocycles. The molecule has 4 heteroatoms. The lowest BCUT2D eigenvalue weighted by Crippen LogP contribution is -2.13. The number of nitrogens with two attached hydrogens (primary N) is 2. The van der Waals surface area contributed by atoms with E-state index in [2.05, 4.69) is 4.98 Å². The quantitative estimate of drug-likeness (QED) is 0.763. The number of hydrogen-bond acceptors (Lipinski definition) is 3. The van der Waals surface area contributed by atoms with Gasteiger partial charge in [0.2, 0.25) is 5.91 Å². The molecule has 88 valence electrons. The van der Waals surface area contributed by atoms with E-state index in [9.17, 15) is 4.79 Å². The predicted octanol–water partition coefficient (Wildman–Crippen LogP) is 1.38. The molecular formula is C13H15N3O. The van der Waals surface area contributed by atoms with Crippen LogP contribution in [0.2, 0.25) is 0 Å². The lowest BCUT2D eigenvalue weighted by Gasteiger charge is -1.93. The van der Waals surface area contributed by atoms with Gasteiger partial charge in [-0.15, -0.1) is 0 Å². The number of carbonyl (C=O) groups is 1. The molecule has 0 aliphatic rings. The summed E-state index contributed by atoms with van der Waals surface area (Å²) in [5.41, 5.74) is 12.0. The summed E-state index contributed by atoms with van der Waals surface area (Å²) in [5, 5.41) is 0. The molecule has 0 atom stereocenters. The fraction of sp³-hybridized carbons (Fsp3) is 0.0769. The highest BCUT2D eigenvalue weighted by Gasteiger charge is 1.94. The van der Waals surface area contributed by atoms with Gasteiger partial charge in [-0.25, -0.2) is 0 Å². The second-order valence-electron chi connectivity index (χ2n) is 3.41. The van der Waals surface area contributed by atoms with Gasteiger partial charge in [0, 0.05) is 18.1 Å². The van der Waals surface area contributed by atoms with Crippen LogP contribution in [0.4, 0.5) is 5.69 Å². The maximum absolute atomic E-state index is 10.4. The molecule has 0 spiro atoms. The van der Waals surface area contributed by atoms with Crippen molar-refractivity contribution in [1.82, 2.24) is 4.98 Å². The maximum Gasteiger partial charge on any atom is 0.221 e. The molecule has 2 rings (SSSR count). The van der Waals surface area contributed by atoms with Gasteiger partial charge in [-0.3, -0.25) is 9.78 Å². The van der Waals surface area contributed by atoms with Crippen molar-refractivity contribution in [2.24, 2.45) is 5.73 Å². The molecule has 0 bridgehead atoms. The summed E-state index contributed by atoms with van der Waals surface area (Å²) < 4.78 is 0. The number of nitrogens with zero attached hydrogens (tertiary/aromatic N) is 1. The SMILES string of the molecule is NC(=O)Cc1ccncc1.Nc1ccccc1. The molecule has 4 N–H and O–H groups in total. The largest absolute Gasteiger partial charge is 0.399 e. The van der Waals surface area contributed by atoms with E-state index >= 15 is 0 Å². The van der Waals surface area contributed by atoms with Crippen molar-refractivity contribution in [3.05, 3.63) is 60.4 Å². The average molecular weight is 229 g/mol. The number of amides is 1. The van der Waals surface area contributed by atoms with Crippen molar-refractivity contribution in [3.63, 3.8) is 0 Å². The van der Waals surface area contributed by atoms with E-state index in [1.165, 1.54) is 0 Å². The monoisotopic (exact) mass is 229 g/mol. The van der Waals surface area contributed by atoms with Crippen molar-refractivity contribution in [3.8, 4) is 0 Å². The van der Waals surface area contributed by atoms with Crippen LogP contribution >= 0.6 is 0 Å². The van der Waals surface area contributed by atoms with Gasteiger partial charge in [-0.05, 0) is 29.8 Å². The van der Waals surface area contributed by atoms with Crippen LogP contribution in [0.15, 0.2) is 54.9 Å². The zero-order valence-corrected chi connectivity index (χ0v) is 9.41. The molecule has 0 radical (unpaired) electrons. The molecule has 0 aliphatic carbocycles. The Morgan fingerprint density at radius 2 is 1.65 bits per heavy atom. The minimum Gasteiger partial charge on any atom is -0.399 e. The lowest BCUT2D eigenvalue weighted by atomic mass is 10.2. The normalized spacial score (nSPS) is 8.94. The number of pyridine rings is 1. The smallest absolute Gasteiger partial charge is 0.221 e. The Balaban J connectivity index is 0.000000181. The van der Waals surface area contributed by atoms with Crippen molar-refractivity contribution < 1.29 is 4.79 Å². The summed E-state index contributed by atoms with van der Waals surface area (Å²) in [6, 6.07) is 13.0. The summed E-state index contributed by atoms with van der Waals surface area (Å²) in [5.74, 6) is -0.314. The number of hydrogen-bond donors (Lipinski definition) is 2. The minimum absolute atomic E-state index is 0.294. The summed E-state index contributed by atoms with van der Waals surface area (Å²) >= 11 is 0. The second kappa shape index (κ2) is 7.00. The fourth-order valence-electron chi connectivity index (χ4n) is 1.15. The van der Waals surface area contributed by atoms with Crippen molar-refractivity contribution in [2.75, 3.05) is 5.73 Å². The molecule has 0 fully saturated rings. The van der Waals surface area contributed by atoms with Gasteiger partial charge in [-0.1, -0.05) is 18.2 Å². The Hall–Kier alpha value is -2.36. The minimum atomic E-state index is -0.314. The van der Waals surface area contributed by atoms with Crippen LogP contribution in [0, 0.1) is 0 Å². The number of nitrogen functional groups attached to an aromatic ring is 1. The highest BCUT2D eigenvalue weighted by molar-refractivity contribution is 5.76. The van der Waals surface area contributed by atoms with Gasteiger partial charge in [-0.2, -0.15) is 0 Å². The van der Waals surface area contributed by atoms with E-state index in [4.69, 9.17) is 11.5 Å². The third-order valence-electron chi connectivity index (χ3n) is 1.93. The second-order valence-corrected chi connectivity index (χ2v) is 3.41. The van der Waals surface area contributed by atoms with E-state index in [0.717, 1.165) is 11.3 Å². The Labute approximate surface area is 100 Å². The summed E-state index contributed by atoms with van der Waals surface area (Å²) in [6.07, 6.45) is 3.57. The number of carbonyl (C=O) groups excluding carboxylic acids is 1. The van der Waals surface area contributed by atoms with E-state index in [0.29, 0.717) is 6.42 Å².